The third-order valence-electron chi connectivity index (χ3n) is 3.76. The number of rotatable bonds is 4. The van der Waals surface area contributed by atoms with E-state index in [9.17, 15) is 0 Å². The Morgan fingerprint density at radius 3 is 2.89 bits per heavy atom. The summed E-state index contributed by atoms with van der Waals surface area (Å²) in [7, 11) is 0. The van der Waals surface area contributed by atoms with Crippen LogP contribution in [0.2, 0.25) is 0 Å². The molecule has 1 aromatic heterocycles. The van der Waals surface area contributed by atoms with Crippen molar-refractivity contribution in [3.05, 3.63) is 24.0 Å². The molecule has 2 fully saturated rings. The second-order valence-corrected chi connectivity index (χ2v) is 5.15. The number of nitrogens with one attached hydrogen (secondary N) is 1. The summed E-state index contributed by atoms with van der Waals surface area (Å²) in [6, 6.07) is 4.31. The first-order valence-electron chi connectivity index (χ1n) is 6.91. The first-order chi connectivity index (χ1) is 8.85. The zero-order valence-electron chi connectivity index (χ0n) is 10.9. The van der Waals surface area contributed by atoms with Crippen LogP contribution in [0, 0.1) is 0 Å². The molecule has 98 valence electrons. The van der Waals surface area contributed by atoms with Crippen molar-refractivity contribution in [2.24, 2.45) is 0 Å². The maximum absolute atomic E-state index is 5.87. The van der Waals surface area contributed by atoms with E-state index in [4.69, 9.17) is 4.74 Å². The van der Waals surface area contributed by atoms with Crippen molar-refractivity contribution in [2.75, 3.05) is 24.5 Å². The topological polar surface area (TPSA) is 37.4 Å². The summed E-state index contributed by atoms with van der Waals surface area (Å²) >= 11 is 0. The van der Waals surface area contributed by atoms with E-state index in [1.807, 2.05) is 6.20 Å². The molecule has 0 aliphatic carbocycles. The molecule has 4 heteroatoms. The van der Waals surface area contributed by atoms with Crippen LogP contribution in [0.5, 0.6) is 0 Å². The van der Waals surface area contributed by atoms with Gasteiger partial charge in [0.1, 0.15) is 0 Å². The van der Waals surface area contributed by atoms with Gasteiger partial charge in [-0.25, -0.2) is 0 Å². The molecule has 4 nitrogen and oxygen atoms in total. The average Bonchev–Trinajstić information content (AvgIpc) is 2.75. The van der Waals surface area contributed by atoms with Gasteiger partial charge >= 0.3 is 0 Å². The standard InChI is InChI=1S/C14H21N3O/c1-2-15-8-11-7-12(5-6-16-11)17-9-13-3-4-14(10-17)18-13/h5-7,13-15H,2-4,8-10H2,1H3. The third-order valence-corrected chi connectivity index (χ3v) is 3.76. The molecule has 2 atom stereocenters. The van der Waals surface area contributed by atoms with Gasteiger partial charge in [0.15, 0.2) is 0 Å². The molecule has 3 heterocycles. The molecule has 2 bridgehead atoms. The van der Waals surface area contributed by atoms with Crippen LogP contribution in [0.4, 0.5) is 5.69 Å². The van der Waals surface area contributed by atoms with Gasteiger partial charge in [0.25, 0.3) is 0 Å². The summed E-state index contributed by atoms with van der Waals surface area (Å²) in [5, 5.41) is 3.32. The maximum Gasteiger partial charge on any atom is 0.0755 e. The van der Waals surface area contributed by atoms with Crippen LogP contribution in [0.3, 0.4) is 0 Å². The summed E-state index contributed by atoms with van der Waals surface area (Å²) in [6.45, 7) is 6.00. The minimum atomic E-state index is 0.439. The Labute approximate surface area is 108 Å². The van der Waals surface area contributed by atoms with Crippen molar-refractivity contribution in [2.45, 2.75) is 38.5 Å². The summed E-state index contributed by atoms with van der Waals surface area (Å²) in [5.74, 6) is 0. The Balaban J connectivity index is 1.71. The van der Waals surface area contributed by atoms with E-state index >= 15 is 0 Å². The largest absolute Gasteiger partial charge is 0.371 e. The highest BCUT2D eigenvalue weighted by Gasteiger charge is 2.33. The van der Waals surface area contributed by atoms with Gasteiger partial charge in [0, 0.05) is 31.5 Å². The molecule has 3 rings (SSSR count). The van der Waals surface area contributed by atoms with Gasteiger partial charge in [-0.2, -0.15) is 0 Å². The number of morpholine rings is 1. The van der Waals surface area contributed by atoms with Gasteiger partial charge < -0.3 is 15.0 Å². The van der Waals surface area contributed by atoms with Crippen LogP contribution < -0.4 is 10.2 Å². The van der Waals surface area contributed by atoms with E-state index in [0.29, 0.717) is 12.2 Å². The first kappa shape index (κ1) is 11.9. The Morgan fingerprint density at radius 1 is 1.39 bits per heavy atom. The van der Waals surface area contributed by atoms with Crippen molar-refractivity contribution in [3.63, 3.8) is 0 Å². The van der Waals surface area contributed by atoms with Crippen LogP contribution >= 0.6 is 0 Å². The molecule has 2 unspecified atom stereocenters. The van der Waals surface area contributed by atoms with Gasteiger partial charge in [-0.15, -0.1) is 0 Å². The van der Waals surface area contributed by atoms with Crippen LogP contribution in [0.15, 0.2) is 18.3 Å². The van der Waals surface area contributed by atoms with Gasteiger partial charge in [-0.3, -0.25) is 4.98 Å². The second kappa shape index (κ2) is 5.24. The van der Waals surface area contributed by atoms with Gasteiger partial charge in [-0.05, 0) is 31.5 Å². The summed E-state index contributed by atoms with van der Waals surface area (Å²) in [5.41, 5.74) is 2.41. The highest BCUT2D eigenvalue weighted by molar-refractivity contribution is 5.47. The number of anilines is 1. The van der Waals surface area contributed by atoms with Gasteiger partial charge in [-0.1, -0.05) is 6.92 Å². The Hall–Kier alpha value is -1.13. The molecule has 1 aromatic rings. The number of aromatic nitrogens is 1. The van der Waals surface area contributed by atoms with Crippen LogP contribution in [0.25, 0.3) is 0 Å². The molecule has 0 aromatic carbocycles. The number of fused-ring (bicyclic) bond motifs is 2. The number of hydrogen-bond acceptors (Lipinski definition) is 4. The Bertz CT molecular complexity index is 398. The van der Waals surface area contributed by atoms with Crippen molar-refractivity contribution >= 4 is 5.69 Å². The van der Waals surface area contributed by atoms with E-state index in [0.717, 1.165) is 31.9 Å². The smallest absolute Gasteiger partial charge is 0.0755 e. The lowest BCUT2D eigenvalue weighted by Gasteiger charge is -2.34. The molecule has 0 saturated carbocycles. The van der Waals surface area contributed by atoms with Crippen LogP contribution in [-0.2, 0) is 11.3 Å². The SMILES string of the molecule is CCNCc1cc(N2CC3CCC(C2)O3)ccn1. The fourth-order valence-electron chi connectivity index (χ4n) is 2.84. The summed E-state index contributed by atoms with van der Waals surface area (Å²) in [6.07, 6.45) is 5.23. The third kappa shape index (κ3) is 2.49. The lowest BCUT2D eigenvalue weighted by molar-refractivity contribution is 0.0305. The van der Waals surface area contributed by atoms with Crippen molar-refractivity contribution in [1.29, 1.82) is 0 Å². The van der Waals surface area contributed by atoms with Crippen molar-refractivity contribution < 1.29 is 4.74 Å². The van der Waals surface area contributed by atoms with E-state index in [1.165, 1.54) is 18.5 Å². The molecule has 1 N–H and O–H groups in total. The molecule has 0 radical (unpaired) electrons. The second-order valence-electron chi connectivity index (χ2n) is 5.15. The highest BCUT2D eigenvalue weighted by atomic mass is 16.5. The predicted octanol–water partition coefficient (Wildman–Crippen LogP) is 1.56. The first-order valence-corrected chi connectivity index (χ1v) is 6.91. The Morgan fingerprint density at radius 2 is 2.17 bits per heavy atom. The van der Waals surface area contributed by atoms with Crippen LogP contribution in [0.1, 0.15) is 25.5 Å². The fraction of sp³-hybridized carbons (Fsp3) is 0.643. The van der Waals surface area contributed by atoms with Crippen molar-refractivity contribution in [3.8, 4) is 0 Å². The lowest BCUT2D eigenvalue weighted by atomic mass is 10.2. The predicted molar refractivity (Wildman–Crippen MR) is 71.7 cm³/mol. The summed E-state index contributed by atoms with van der Waals surface area (Å²) in [4.78, 5) is 6.85. The van der Waals surface area contributed by atoms with E-state index < -0.39 is 0 Å². The van der Waals surface area contributed by atoms with Crippen molar-refractivity contribution in [1.82, 2.24) is 10.3 Å². The molecular weight excluding hydrogens is 226 g/mol. The van der Waals surface area contributed by atoms with E-state index in [1.54, 1.807) is 0 Å². The molecule has 2 saturated heterocycles. The highest BCUT2D eigenvalue weighted by Crippen LogP contribution is 2.29. The monoisotopic (exact) mass is 247 g/mol. The lowest BCUT2D eigenvalue weighted by Crippen LogP contribution is -2.42. The quantitative estimate of drug-likeness (QED) is 0.876. The minimum absolute atomic E-state index is 0.439. The van der Waals surface area contributed by atoms with Gasteiger partial charge in [0.05, 0.1) is 17.9 Å². The minimum Gasteiger partial charge on any atom is -0.371 e. The molecule has 2 aliphatic rings. The number of nitrogens with zero attached hydrogens (tertiary/aromatic N) is 2. The molecule has 0 amide bonds. The fourth-order valence-corrected chi connectivity index (χ4v) is 2.84. The van der Waals surface area contributed by atoms with Gasteiger partial charge in [0.2, 0.25) is 0 Å². The Kier molecular flexibility index (Phi) is 3.48. The number of pyridine rings is 1. The molecule has 0 spiro atoms. The average molecular weight is 247 g/mol. The molecule has 2 aliphatic heterocycles. The van der Waals surface area contributed by atoms with E-state index in [2.05, 4.69) is 34.3 Å². The van der Waals surface area contributed by atoms with E-state index in [-0.39, 0.29) is 0 Å². The molecule has 18 heavy (non-hydrogen) atoms. The maximum atomic E-state index is 5.87. The summed E-state index contributed by atoms with van der Waals surface area (Å²) < 4.78 is 5.87. The van der Waals surface area contributed by atoms with Crippen LogP contribution in [-0.4, -0.2) is 36.8 Å². The number of hydrogen-bond donors (Lipinski definition) is 1. The normalized spacial score (nSPS) is 26.6. The number of ether oxygens (including phenoxy) is 1. The zero-order chi connectivity index (χ0) is 12.4. The zero-order valence-corrected chi connectivity index (χ0v) is 10.9. The molecular formula is C14H21N3O.